The molecule has 2 aromatic carbocycles. The number of hydrogen-bond donors (Lipinski definition) is 1. The lowest BCUT2D eigenvalue weighted by Gasteiger charge is -2.00. The SMILES string of the molecule is O=C(Nc1ccn(-c2ccccc2)n1)c1cc2cccc(Br)c2o1. The molecule has 5 nitrogen and oxygen atoms in total. The highest BCUT2D eigenvalue weighted by Crippen LogP contribution is 2.27. The van der Waals surface area contributed by atoms with Gasteiger partial charge in [-0.05, 0) is 40.2 Å². The lowest BCUT2D eigenvalue weighted by molar-refractivity contribution is 0.0998. The van der Waals surface area contributed by atoms with E-state index in [0.717, 1.165) is 15.5 Å². The maximum Gasteiger partial charge on any atom is 0.292 e. The highest BCUT2D eigenvalue weighted by Gasteiger charge is 2.15. The zero-order chi connectivity index (χ0) is 16.5. The third-order valence-electron chi connectivity index (χ3n) is 3.57. The molecule has 1 N–H and O–H groups in total. The summed E-state index contributed by atoms with van der Waals surface area (Å²) >= 11 is 3.41. The second-order valence-corrected chi connectivity index (χ2v) is 6.06. The third-order valence-corrected chi connectivity index (χ3v) is 4.20. The maximum absolute atomic E-state index is 12.4. The fourth-order valence-corrected chi connectivity index (χ4v) is 2.89. The van der Waals surface area contributed by atoms with Crippen molar-refractivity contribution in [1.82, 2.24) is 9.78 Å². The standard InChI is InChI=1S/C18H12BrN3O2/c19-14-8-4-5-12-11-15(24-17(12)14)18(23)20-16-9-10-22(21-16)13-6-2-1-3-7-13/h1-11H,(H,20,21,23). The Balaban J connectivity index is 1.57. The van der Waals surface area contributed by atoms with E-state index in [1.807, 2.05) is 48.5 Å². The van der Waals surface area contributed by atoms with E-state index in [2.05, 4.69) is 26.3 Å². The number of fused-ring (bicyclic) bond motifs is 1. The molecule has 0 spiro atoms. The van der Waals surface area contributed by atoms with Crippen LogP contribution in [0.3, 0.4) is 0 Å². The summed E-state index contributed by atoms with van der Waals surface area (Å²) in [4.78, 5) is 12.4. The van der Waals surface area contributed by atoms with Gasteiger partial charge < -0.3 is 9.73 Å². The van der Waals surface area contributed by atoms with Gasteiger partial charge in [-0.15, -0.1) is 0 Å². The molecule has 118 valence electrons. The molecule has 0 aliphatic rings. The van der Waals surface area contributed by atoms with Crippen LogP contribution in [0.5, 0.6) is 0 Å². The number of benzene rings is 2. The summed E-state index contributed by atoms with van der Waals surface area (Å²) in [5, 5.41) is 7.97. The Morgan fingerprint density at radius 2 is 1.92 bits per heavy atom. The maximum atomic E-state index is 12.4. The van der Waals surface area contributed by atoms with Gasteiger partial charge in [-0.3, -0.25) is 4.79 Å². The first kappa shape index (κ1) is 14.7. The van der Waals surface area contributed by atoms with Gasteiger partial charge in [-0.25, -0.2) is 4.68 Å². The molecular weight excluding hydrogens is 370 g/mol. The Hall–Kier alpha value is -2.86. The molecule has 0 unspecified atom stereocenters. The molecule has 0 fully saturated rings. The summed E-state index contributed by atoms with van der Waals surface area (Å²) in [6, 6.07) is 18.8. The van der Waals surface area contributed by atoms with Gasteiger partial charge in [0, 0.05) is 17.6 Å². The first-order valence-electron chi connectivity index (χ1n) is 7.31. The van der Waals surface area contributed by atoms with E-state index in [0.29, 0.717) is 11.4 Å². The van der Waals surface area contributed by atoms with Crippen molar-refractivity contribution in [2.75, 3.05) is 5.32 Å². The van der Waals surface area contributed by atoms with Crippen molar-refractivity contribution in [3.8, 4) is 5.69 Å². The van der Waals surface area contributed by atoms with Crippen LogP contribution in [0.1, 0.15) is 10.6 Å². The number of rotatable bonds is 3. The number of amides is 1. The topological polar surface area (TPSA) is 60.1 Å². The van der Waals surface area contributed by atoms with E-state index < -0.39 is 0 Å². The Kier molecular flexibility index (Phi) is 3.66. The number of carbonyl (C=O) groups excluding carboxylic acids is 1. The predicted octanol–water partition coefficient (Wildman–Crippen LogP) is 4.63. The predicted molar refractivity (Wildman–Crippen MR) is 95.4 cm³/mol. The molecule has 0 atom stereocenters. The van der Waals surface area contributed by atoms with Crippen LogP contribution >= 0.6 is 15.9 Å². The summed E-state index contributed by atoms with van der Waals surface area (Å²) < 4.78 is 8.14. The summed E-state index contributed by atoms with van der Waals surface area (Å²) in [5.74, 6) is 0.367. The second-order valence-electron chi connectivity index (χ2n) is 5.20. The van der Waals surface area contributed by atoms with Crippen molar-refractivity contribution in [1.29, 1.82) is 0 Å². The first-order valence-corrected chi connectivity index (χ1v) is 8.10. The quantitative estimate of drug-likeness (QED) is 0.562. The molecule has 0 aliphatic carbocycles. The number of nitrogens with one attached hydrogen (secondary N) is 1. The van der Waals surface area contributed by atoms with Crippen LogP contribution in [-0.2, 0) is 0 Å². The molecule has 4 aromatic rings. The van der Waals surface area contributed by atoms with Gasteiger partial charge in [0.2, 0.25) is 0 Å². The molecule has 2 heterocycles. The van der Waals surface area contributed by atoms with Crippen molar-refractivity contribution < 1.29 is 9.21 Å². The average Bonchev–Trinajstić information content (AvgIpc) is 3.23. The van der Waals surface area contributed by atoms with E-state index in [9.17, 15) is 4.79 Å². The summed E-state index contributed by atoms with van der Waals surface area (Å²) in [7, 11) is 0. The smallest absolute Gasteiger partial charge is 0.292 e. The number of anilines is 1. The summed E-state index contributed by atoms with van der Waals surface area (Å²) in [6.07, 6.45) is 1.79. The number of hydrogen-bond acceptors (Lipinski definition) is 3. The Bertz CT molecular complexity index is 1020. The van der Waals surface area contributed by atoms with Crippen molar-refractivity contribution in [2.45, 2.75) is 0 Å². The van der Waals surface area contributed by atoms with Crippen LogP contribution in [0.25, 0.3) is 16.7 Å². The van der Waals surface area contributed by atoms with E-state index >= 15 is 0 Å². The number of aromatic nitrogens is 2. The number of halogens is 1. The normalized spacial score (nSPS) is 10.9. The van der Waals surface area contributed by atoms with Gasteiger partial charge in [0.25, 0.3) is 5.91 Å². The molecule has 1 amide bonds. The van der Waals surface area contributed by atoms with Crippen LogP contribution in [0.4, 0.5) is 5.82 Å². The van der Waals surface area contributed by atoms with Crippen LogP contribution in [0.2, 0.25) is 0 Å². The molecule has 6 heteroatoms. The molecule has 0 radical (unpaired) electrons. The molecule has 0 saturated heterocycles. The molecule has 0 bridgehead atoms. The lowest BCUT2D eigenvalue weighted by atomic mass is 10.2. The zero-order valence-electron chi connectivity index (χ0n) is 12.4. The van der Waals surface area contributed by atoms with Gasteiger partial charge >= 0.3 is 0 Å². The van der Waals surface area contributed by atoms with Crippen LogP contribution in [0.15, 0.2) is 75.8 Å². The van der Waals surface area contributed by atoms with Crippen molar-refractivity contribution in [2.24, 2.45) is 0 Å². The average molecular weight is 382 g/mol. The molecule has 0 saturated carbocycles. The number of carbonyl (C=O) groups is 1. The van der Waals surface area contributed by atoms with Crippen LogP contribution in [0, 0.1) is 0 Å². The molecule has 24 heavy (non-hydrogen) atoms. The number of furan rings is 1. The van der Waals surface area contributed by atoms with Crippen LogP contribution < -0.4 is 5.32 Å². The van der Waals surface area contributed by atoms with Crippen LogP contribution in [-0.4, -0.2) is 15.7 Å². The molecule has 0 aliphatic heterocycles. The zero-order valence-corrected chi connectivity index (χ0v) is 14.0. The minimum Gasteiger partial charge on any atom is -0.450 e. The summed E-state index contributed by atoms with van der Waals surface area (Å²) in [6.45, 7) is 0. The minimum absolute atomic E-state index is 0.242. The monoisotopic (exact) mass is 381 g/mol. The van der Waals surface area contributed by atoms with Gasteiger partial charge in [-0.2, -0.15) is 5.10 Å². The fourth-order valence-electron chi connectivity index (χ4n) is 2.43. The highest BCUT2D eigenvalue weighted by molar-refractivity contribution is 9.10. The van der Waals surface area contributed by atoms with Gasteiger partial charge in [-0.1, -0.05) is 30.3 Å². The van der Waals surface area contributed by atoms with E-state index in [-0.39, 0.29) is 11.7 Å². The van der Waals surface area contributed by atoms with Gasteiger partial charge in [0.05, 0.1) is 10.2 Å². The van der Waals surface area contributed by atoms with Crippen molar-refractivity contribution >= 4 is 38.6 Å². The van der Waals surface area contributed by atoms with Gasteiger partial charge in [0.15, 0.2) is 11.6 Å². The third kappa shape index (κ3) is 2.72. The van der Waals surface area contributed by atoms with Crippen molar-refractivity contribution in [3.05, 3.63) is 77.1 Å². The Morgan fingerprint density at radius 3 is 2.71 bits per heavy atom. The minimum atomic E-state index is -0.337. The lowest BCUT2D eigenvalue weighted by Crippen LogP contribution is -2.11. The first-order chi connectivity index (χ1) is 11.7. The number of para-hydroxylation sites is 2. The molecular formula is C18H12BrN3O2. The van der Waals surface area contributed by atoms with E-state index in [1.165, 1.54) is 0 Å². The fraction of sp³-hybridized carbons (Fsp3) is 0. The second kappa shape index (κ2) is 5.98. The number of nitrogens with zero attached hydrogens (tertiary/aromatic N) is 2. The van der Waals surface area contributed by atoms with Crippen molar-refractivity contribution in [3.63, 3.8) is 0 Å². The summed E-state index contributed by atoms with van der Waals surface area (Å²) in [5.41, 5.74) is 1.57. The highest BCUT2D eigenvalue weighted by atomic mass is 79.9. The van der Waals surface area contributed by atoms with Gasteiger partial charge in [0.1, 0.15) is 5.58 Å². The Morgan fingerprint density at radius 1 is 1.08 bits per heavy atom. The van der Waals surface area contributed by atoms with E-state index in [1.54, 1.807) is 23.0 Å². The Labute approximate surface area is 146 Å². The molecule has 2 aromatic heterocycles. The van der Waals surface area contributed by atoms with E-state index in [4.69, 9.17) is 4.42 Å². The molecule has 4 rings (SSSR count). The largest absolute Gasteiger partial charge is 0.450 e.